The van der Waals surface area contributed by atoms with E-state index in [1.807, 2.05) is 12.1 Å². The van der Waals surface area contributed by atoms with Crippen LogP contribution in [0.3, 0.4) is 0 Å². The minimum atomic E-state index is -3.84. The van der Waals surface area contributed by atoms with Crippen molar-refractivity contribution in [2.45, 2.75) is 30.7 Å². The average molecular weight is 348 g/mol. The van der Waals surface area contributed by atoms with Gasteiger partial charge in [-0.2, -0.15) is 0 Å². The normalized spacial score (nSPS) is 20.0. The number of hydrogen-bond donors (Lipinski definition) is 1. The van der Waals surface area contributed by atoms with Crippen LogP contribution in [0.5, 0.6) is 0 Å². The zero-order chi connectivity index (χ0) is 17.5. The highest BCUT2D eigenvalue weighted by molar-refractivity contribution is 7.89. The van der Waals surface area contributed by atoms with Gasteiger partial charge in [-0.15, -0.1) is 0 Å². The van der Waals surface area contributed by atoms with Crippen LogP contribution >= 0.6 is 0 Å². The first-order valence-electron chi connectivity index (χ1n) is 7.72. The molecule has 2 aromatic rings. The van der Waals surface area contributed by atoms with E-state index in [9.17, 15) is 13.2 Å². The fraction of sp³-hybridized carbons (Fsp3) is 0.353. The molecule has 0 radical (unpaired) electrons. The van der Waals surface area contributed by atoms with Gasteiger partial charge in [0.15, 0.2) is 0 Å². The smallest absolute Gasteiger partial charge is 0.254 e. The van der Waals surface area contributed by atoms with Crippen LogP contribution in [0, 0.1) is 5.92 Å². The molecule has 1 aromatic carbocycles. The maximum Gasteiger partial charge on any atom is 0.254 e. The molecule has 2 unspecified atom stereocenters. The number of sulfonamides is 1. The minimum absolute atomic E-state index is 0.0789. The Morgan fingerprint density at radius 2 is 2.04 bits per heavy atom. The highest BCUT2D eigenvalue weighted by Crippen LogP contribution is 2.47. The molecule has 6 nitrogen and oxygen atoms in total. The zero-order valence-corrected chi connectivity index (χ0v) is 14.4. The number of nitrogens with two attached hydrogens (primary N) is 1. The third-order valence-corrected chi connectivity index (χ3v) is 5.22. The largest absolute Gasteiger partial charge is 0.464 e. The second-order valence-electron chi connectivity index (χ2n) is 6.36. The van der Waals surface area contributed by atoms with Crippen LogP contribution in [0.2, 0.25) is 0 Å². The van der Waals surface area contributed by atoms with E-state index >= 15 is 0 Å². The SMILES string of the molecule is CC1CC1c1ccc(CN(C)C(=O)c2cccc(S(N)(=O)=O)c2)o1. The van der Waals surface area contributed by atoms with Crippen molar-refractivity contribution in [1.29, 1.82) is 0 Å². The van der Waals surface area contributed by atoms with Crippen LogP contribution in [0.4, 0.5) is 0 Å². The van der Waals surface area contributed by atoms with Crippen LogP contribution in [0.15, 0.2) is 45.7 Å². The predicted molar refractivity (Wildman–Crippen MR) is 88.8 cm³/mol. The Morgan fingerprint density at radius 1 is 1.33 bits per heavy atom. The number of nitrogens with zero attached hydrogens (tertiary/aromatic N) is 1. The molecule has 1 aromatic heterocycles. The van der Waals surface area contributed by atoms with Crippen LogP contribution < -0.4 is 5.14 Å². The summed E-state index contributed by atoms with van der Waals surface area (Å²) in [6.07, 6.45) is 1.14. The summed E-state index contributed by atoms with van der Waals surface area (Å²) in [5.41, 5.74) is 0.270. The molecule has 1 saturated carbocycles. The average Bonchev–Trinajstić information content (AvgIpc) is 3.08. The summed E-state index contributed by atoms with van der Waals surface area (Å²) in [7, 11) is -2.19. The lowest BCUT2D eigenvalue weighted by Gasteiger charge is -2.16. The number of furan rings is 1. The van der Waals surface area contributed by atoms with E-state index in [1.165, 1.54) is 23.1 Å². The Bertz CT molecular complexity index is 872. The fourth-order valence-electron chi connectivity index (χ4n) is 2.73. The molecule has 1 amide bonds. The molecule has 1 heterocycles. The number of hydrogen-bond acceptors (Lipinski definition) is 4. The highest BCUT2D eigenvalue weighted by atomic mass is 32.2. The molecule has 0 spiro atoms. The minimum Gasteiger partial charge on any atom is -0.464 e. The summed E-state index contributed by atoms with van der Waals surface area (Å²) in [6.45, 7) is 2.50. The van der Waals surface area contributed by atoms with Gasteiger partial charge in [-0.05, 0) is 42.7 Å². The number of primary sulfonamides is 1. The van der Waals surface area contributed by atoms with Gasteiger partial charge in [-0.3, -0.25) is 4.79 Å². The van der Waals surface area contributed by atoms with Crippen molar-refractivity contribution in [2.75, 3.05) is 7.05 Å². The molecule has 128 valence electrons. The zero-order valence-electron chi connectivity index (χ0n) is 13.6. The summed E-state index contributed by atoms with van der Waals surface area (Å²) < 4.78 is 28.6. The quantitative estimate of drug-likeness (QED) is 0.897. The molecule has 0 bridgehead atoms. The van der Waals surface area contributed by atoms with E-state index in [2.05, 4.69) is 6.92 Å². The molecule has 1 aliphatic rings. The third-order valence-electron chi connectivity index (χ3n) is 4.31. The van der Waals surface area contributed by atoms with Crippen LogP contribution in [-0.2, 0) is 16.6 Å². The fourth-order valence-corrected chi connectivity index (χ4v) is 3.29. The van der Waals surface area contributed by atoms with Crippen LogP contribution in [0.1, 0.15) is 41.1 Å². The molecule has 2 N–H and O–H groups in total. The standard InChI is InChI=1S/C17H20N2O4S/c1-11-8-15(11)16-7-6-13(23-16)10-19(2)17(20)12-4-3-5-14(9-12)24(18,21)22/h3-7,9,11,15H,8,10H2,1-2H3,(H2,18,21,22). The molecule has 0 saturated heterocycles. The summed E-state index contributed by atoms with van der Waals surface area (Å²) in [6, 6.07) is 9.55. The number of rotatable bonds is 5. The summed E-state index contributed by atoms with van der Waals surface area (Å²) in [5, 5.41) is 5.11. The maximum atomic E-state index is 12.5. The van der Waals surface area contributed by atoms with E-state index in [1.54, 1.807) is 13.1 Å². The molecule has 1 aliphatic carbocycles. The lowest BCUT2D eigenvalue weighted by molar-refractivity contribution is 0.0774. The van der Waals surface area contributed by atoms with Gasteiger partial charge in [0.25, 0.3) is 5.91 Å². The molecule has 0 aliphatic heterocycles. The van der Waals surface area contributed by atoms with Gasteiger partial charge in [-0.1, -0.05) is 13.0 Å². The summed E-state index contributed by atoms with van der Waals surface area (Å²) in [5.74, 6) is 2.53. The second kappa shape index (κ2) is 6.07. The first-order chi connectivity index (χ1) is 11.3. The van der Waals surface area contributed by atoms with Gasteiger partial charge < -0.3 is 9.32 Å². The van der Waals surface area contributed by atoms with Gasteiger partial charge in [0, 0.05) is 18.5 Å². The summed E-state index contributed by atoms with van der Waals surface area (Å²) >= 11 is 0. The van der Waals surface area contributed by atoms with E-state index in [-0.39, 0.29) is 16.4 Å². The molecule has 3 rings (SSSR count). The third kappa shape index (κ3) is 3.52. The Kier molecular flexibility index (Phi) is 4.23. The first kappa shape index (κ1) is 16.7. The van der Waals surface area contributed by atoms with Crippen LogP contribution in [-0.4, -0.2) is 26.3 Å². The molecule has 7 heteroatoms. The Hall–Kier alpha value is -2.12. The van der Waals surface area contributed by atoms with Crippen molar-refractivity contribution in [3.05, 3.63) is 53.5 Å². The number of amides is 1. The Labute approximate surface area is 141 Å². The molecular weight excluding hydrogens is 328 g/mol. The van der Waals surface area contributed by atoms with E-state index in [0.29, 0.717) is 24.1 Å². The van der Waals surface area contributed by atoms with E-state index in [0.717, 1.165) is 12.2 Å². The van der Waals surface area contributed by atoms with Crippen molar-refractivity contribution in [3.8, 4) is 0 Å². The van der Waals surface area contributed by atoms with Gasteiger partial charge in [0.1, 0.15) is 11.5 Å². The van der Waals surface area contributed by atoms with E-state index in [4.69, 9.17) is 9.56 Å². The van der Waals surface area contributed by atoms with Crippen LogP contribution in [0.25, 0.3) is 0 Å². The lowest BCUT2D eigenvalue weighted by Crippen LogP contribution is -2.26. The second-order valence-corrected chi connectivity index (χ2v) is 7.92. The Balaban J connectivity index is 1.72. The van der Waals surface area contributed by atoms with Gasteiger partial charge in [0.2, 0.25) is 10.0 Å². The lowest BCUT2D eigenvalue weighted by atomic mass is 10.2. The van der Waals surface area contributed by atoms with Crippen molar-refractivity contribution < 1.29 is 17.6 Å². The molecule has 2 atom stereocenters. The molecule has 24 heavy (non-hydrogen) atoms. The predicted octanol–water partition coefficient (Wildman–Crippen LogP) is 2.32. The molecular formula is C17H20N2O4S. The maximum absolute atomic E-state index is 12.5. The first-order valence-corrected chi connectivity index (χ1v) is 9.27. The number of carbonyl (C=O) groups is 1. The summed E-state index contributed by atoms with van der Waals surface area (Å²) in [4.78, 5) is 13.9. The van der Waals surface area contributed by atoms with Gasteiger partial charge in [0.05, 0.1) is 11.4 Å². The van der Waals surface area contributed by atoms with Crippen molar-refractivity contribution in [1.82, 2.24) is 4.90 Å². The van der Waals surface area contributed by atoms with E-state index < -0.39 is 10.0 Å². The van der Waals surface area contributed by atoms with Crippen molar-refractivity contribution >= 4 is 15.9 Å². The van der Waals surface area contributed by atoms with Crippen molar-refractivity contribution in [3.63, 3.8) is 0 Å². The number of benzene rings is 1. The van der Waals surface area contributed by atoms with Crippen molar-refractivity contribution in [2.24, 2.45) is 11.1 Å². The number of carbonyl (C=O) groups excluding carboxylic acids is 1. The van der Waals surface area contributed by atoms with Gasteiger partial charge in [-0.25, -0.2) is 13.6 Å². The van der Waals surface area contributed by atoms with Gasteiger partial charge >= 0.3 is 0 Å². The highest BCUT2D eigenvalue weighted by Gasteiger charge is 2.36. The monoisotopic (exact) mass is 348 g/mol. The topological polar surface area (TPSA) is 93.6 Å². The Morgan fingerprint density at radius 3 is 2.67 bits per heavy atom. The molecule has 1 fully saturated rings.